The van der Waals surface area contributed by atoms with Crippen LogP contribution in [-0.4, -0.2) is 6.88 Å². The van der Waals surface area contributed by atoms with Gasteiger partial charge >= 0.3 is 30.2 Å². The average molecular weight is 637 g/mol. The fraction of sp³-hybridized carbons (Fsp3) is 0.176. The number of fused-ring (bicyclic) bond motifs is 6. The van der Waals surface area contributed by atoms with Crippen molar-refractivity contribution < 1.29 is 23.3 Å². The van der Waals surface area contributed by atoms with E-state index < -0.39 is 0 Å². The normalized spacial score (nSPS) is 9.61. The number of hydrogen-bond acceptors (Lipinski definition) is 0. The molecule has 6 aromatic carbocycles. The van der Waals surface area contributed by atoms with E-state index in [2.05, 4.69) is 118 Å². The maximum atomic E-state index is 3.06. The van der Waals surface area contributed by atoms with Crippen molar-refractivity contribution in [3.05, 3.63) is 123 Å². The van der Waals surface area contributed by atoms with Gasteiger partial charge in [-0.05, 0) is 12.8 Å². The topological polar surface area (TPSA) is 0 Å². The van der Waals surface area contributed by atoms with Gasteiger partial charge in [0, 0.05) is 0 Å². The zero-order chi connectivity index (χ0) is 23.9. The van der Waals surface area contributed by atoms with E-state index in [-0.39, 0.29) is 39.7 Å². The number of benzene rings is 4. The molecule has 6 aromatic rings. The minimum absolute atomic E-state index is 0. The first-order chi connectivity index (χ1) is 16.8. The summed E-state index contributed by atoms with van der Waals surface area (Å²) in [7, 11) is 0. The molecule has 0 N–H and O–H groups in total. The van der Waals surface area contributed by atoms with Gasteiger partial charge in [-0.3, -0.25) is 0 Å². The van der Waals surface area contributed by atoms with Crippen molar-refractivity contribution in [2.75, 3.05) is 0 Å². The van der Waals surface area contributed by atoms with Crippen LogP contribution in [0.15, 0.2) is 97.1 Å². The van der Waals surface area contributed by atoms with Crippen molar-refractivity contribution in [3.63, 3.8) is 0 Å². The van der Waals surface area contributed by atoms with Crippen molar-refractivity contribution in [1.29, 1.82) is 0 Å². The van der Waals surface area contributed by atoms with Crippen molar-refractivity contribution in [3.8, 4) is 0 Å². The van der Waals surface area contributed by atoms with Crippen LogP contribution in [0.25, 0.3) is 43.1 Å². The van der Waals surface area contributed by atoms with Crippen molar-refractivity contribution in [2.45, 2.75) is 39.5 Å². The molecule has 4 heteroatoms. The van der Waals surface area contributed by atoms with E-state index in [0.717, 1.165) is 0 Å². The Hall–Kier alpha value is -1.70. The molecular formula is C34H38Cl2SiZr-4. The molecule has 0 saturated heterocycles. The van der Waals surface area contributed by atoms with Gasteiger partial charge in [0.2, 0.25) is 0 Å². The van der Waals surface area contributed by atoms with E-state index in [1.54, 1.807) is 0 Å². The molecule has 0 nitrogen and oxygen atoms in total. The van der Waals surface area contributed by atoms with Crippen LogP contribution in [0.2, 0.25) is 0 Å². The Kier molecular flexibility index (Phi) is 17.0. The van der Waals surface area contributed by atoms with Gasteiger partial charge in [-0.25, -0.2) is 0 Å². The summed E-state index contributed by atoms with van der Waals surface area (Å²) in [5.74, 6) is 0. The van der Waals surface area contributed by atoms with Gasteiger partial charge < -0.3 is 14.9 Å². The molecule has 2 radical (unpaired) electrons. The van der Waals surface area contributed by atoms with E-state index in [1.807, 2.05) is 0 Å². The third kappa shape index (κ3) is 8.15. The average Bonchev–Trinajstić information content (AvgIpc) is 3.50. The molecule has 0 fully saturated rings. The van der Waals surface area contributed by atoms with Gasteiger partial charge in [-0.1, -0.05) is 109 Å². The van der Waals surface area contributed by atoms with E-state index in [0.29, 0.717) is 0 Å². The van der Waals surface area contributed by atoms with Crippen LogP contribution in [0, 0.1) is 14.9 Å². The molecule has 0 saturated carbocycles. The monoisotopic (exact) mass is 634 g/mol. The first kappa shape index (κ1) is 36.3. The Morgan fingerprint density at radius 2 is 0.895 bits per heavy atom. The number of hydrogen-bond donors (Lipinski definition) is 0. The molecule has 200 valence electrons. The molecule has 0 atom stereocenters. The summed E-state index contributed by atoms with van der Waals surface area (Å²) in [6.07, 6.45) is 4.80. The summed E-state index contributed by atoms with van der Waals surface area (Å²) in [5.41, 5.74) is 2.93. The molecule has 6 rings (SSSR count). The standard InChI is InChI=1S/2C16H15.2CH3.2ClH.Si.Zr/c2*1-2-5-12-10-14-9-8-13-6-3-4-7-15(13)16(14)11-12;;;;;;/h2*3-4,6-11H,2,5H2,1H3;2*1H3;2*1H;;/q4*-1;;;;. The van der Waals surface area contributed by atoms with Crippen molar-refractivity contribution in [2.24, 2.45) is 0 Å². The first-order valence-electron chi connectivity index (χ1n) is 12.2. The molecule has 0 aliphatic heterocycles. The van der Waals surface area contributed by atoms with Crippen LogP contribution < -0.4 is 0 Å². The Morgan fingerprint density at radius 3 is 1.26 bits per heavy atom. The number of halogens is 2. The molecule has 0 bridgehead atoms. The second-order valence-corrected chi connectivity index (χ2v) is 8.81. The van der Waals surface area contributed by atoms with Crippen LogP contribution in [0.3, 0.4) is 0 Å². The summed E-state index contributed by atoms with van der Waals surface area (Å²) < 4.78 is 0. The predicted octanol–water partition coefficient (Wildman–Crippen LogP) is 10.7. The summed E-state index contributed by atoms with van der Waals surface area (Å²) >= 11 is 1.36. The van der Waals surface area contributed by atoms with Crippen LogP contribution in [0.4, 0.5) is 0 Å². The molecule has 0 spiro atoms. The van der Waals surface area contributed by atoms with E-state index in [4.69, 9.17) is 0 Å². The van der Waals surface area contributed by atoms with Crippen LogP contribution >= 0.6 is 24.8 Å². The molecule has 0 aliphatic carbocycles. The fourth-order valence-corrected chi connectivity index (χ4v) is 4.92. The molecule has 0 aliphatic rings. The van der Waals surface area contributed by atoms with Gasteiger partial charge in [0.05, 0.1) is 0 Å². The predicted molar refractivity (Wildman–Crippen MR) is 175 cm³/mol. The molecule has 38 heavy (non-hydrogen) atoms. The third-order valence-electron chi connectivity index (χ3n) is 6.43. The third-order valence-corrected chi connectivity index (χ3v) is 6.43. The summed E-state index contributed by atoms with van der Waals surface area (Å²) in [6.45, 7) is 7.53. The summed E-state index contributed by atoms with van der Waals surface area (Å²) in [6, 6.07) is 35.5. The Balaban J connectivity index is 0.000000616. The Labute approximate surface area is 259 Å². The molecule has 0 aromatic heterocycles. The van der Waals surface area contributed by atoms with Crippen LogP contribution in [0.5, 0.6) is 0 Å². The second-order valence-electron chi connectivity index (χ2n) is 8.81. The van der Waals surface area contributed by atoms with Gasteiger partial charge in [-0.2, -0.15) is 12.1 Å². The number of aryl methyl sites for hydroxylation is 2. The Morgan fingerprint density at radius 1 is 0.553 bits per heavy atom. The maximum absolute atomic E-state index is 3.06. The van der Waals surface area contributed by atoms with Crippen molar-refractivity contribution >= 4 is 74.8 Å². The van der Waals surface area contributed by atoms with E-state index in [1.165, 1.54) is 103 Å². The summed E-state index contributed by atoms with van der Waals surface area (Å²) in [5, 5.41) is 11.0. The van der Waals surface area contributed by atoms with Crippen LogP contribution in [-0.2, 0) is 36.2 Å². The van der Waals surface area contributed by atoms with Gasteiger partial charge in [0.25, 0.3) is 0 Å². The molecule has 0 heterocycles. The molecule has 0 amide bonds. The number of rotatable bonds is 4. The second kappa shape index (κ2) is 17.8. The molecular weight excluding hydrogens is 599 g/mol. The Bertz CT molecular complexity index is 1410. The van der Waals surface area contributed by atoms with Gasteiger partial charge in [0.15, 0.2) is 0 Å². The fourth-order valence-electron chi connectivity index (χ4n) is 4.92. The van der Waals surface area contributed by atoms with E-state index >= 15 is 0 Å². The van der Waals surface area contributed by atoms with Crippen LogP contribution in [0.1, 0.15) is 37.8 Å². The zero-order valence-corrected chi connectivity index (χ0v) is 28.0. The zero-order valence-electron chi connectivity index (χ0n) is 22.9. The summed E-state index contributed by atoms with van der Waals surface area (Å²) in [4.78, 5) is 0. The quantitative estimate of drug-likeness (QED) is 0.133. The first-order valence-corrected chi connectivity index (χ1v) is 16.3. The van der Waals surface area contributed by atoms with Gasteiger partial charge in [-0.15, -0.1) is 81.8 Å². The van der Waals surface area contributed by atoms with E-state index in [9.17, 15) is 0 Å². The minimum atomic E-state index is 0. The SMILES string of the molecule is CCCc1cc2ccc3ccccc3c2[cH-]1.CCCc1cc2ccc3ccccc3c2[cH-]1.Cl.Cl.[CH3-].[CH3-].[Si]=[Zr]. The van der Waals surface area contributed by atoms with Gasteiger partial charge in [0.1, 0.15) is 0 Å². The molecule has 0 unspecified atom stereocenters. The van der Waals surface area contributed by atoms with Crippen molar-refractivity contribution in [1.82, 2.24) is 0 Å².